The van der Waals surface area contributed by atoms with Gasteiger partial charge in [-0.25, -0.2) is 13.1 Å². The first kappa shape index (κ1) is 16.9. The molecule has 26 heavy (non-hydrogen) atoms. The summed E-state index contributed by atoms with van der Waals surface area (Å²) in [5.41, 5.74) is 2.95. The smallest absolute Gasteiger partial charge is 0.246 e. The number of benzene rings is 1. The van der Waals surface area contributed by atoms with Crippen molar-refractivity contribution in [3.63, 3.8) is 0 Å². The Hall–Kier alpha value is -2.52. The SMILES string of the molecule is Cc1nn(C)c(C)c1S(=O)(=O)N1CC(n2cc(-c3ccccc3)nn2)C1. The van der Waals surface area contributed by atoms with Gasteiger partial charge in [0.2, 0.25) is 10.0 Å². The van der Waals surface area contributed by atoms with E-state index >= 15 is 0 Å². The van der Waals surface area contributed by atoms with Crippen LogP contribution in [0.5, 0.6) is 0 Å². The van der Waals surface area contributed by atoms with Gasteiger partial charge in [0.25, 0.3) is 0 Å². The van der Waals surface area contributed by atoms with Gasteiger partial charge in [0.1, 0.15) is 10.6 Å². The summed E-state index contributed by atoms with van der Waals surface area (Å²) in [5, 5.41) is 12.6. The van der Waals surface area contributed by atoms with Gasteiger partial charge in [-0.1, -0.05) is 35.5 Å². The standard InChI is InChI=1S/C17H20N6O2S/c1-12-17(13(2)21(3)19-12)26(24,25)22-9-15(10-22)23-11-16(18-20-23)14-7-5-4-6-8-14/h4-8,11,15H,9-10H2,1-3H3. The van der Waals surface area contributed by atoms with E-state index in [1.807, 2.05) is 36.5 Å². The Bertz CT molecular complexity index is 1050. The number of nitrogens with zero attached hydrogens (tertiary/aromatic N) is 6. The summed E-state index contributed by atoms with van der Waals surface area (Å²) in [6.45, 7) is 4.26. The molecule has 1 fully saturated rings. The molecule has 2 aromatic heterocycles. The van der Waals surface area contributed by atoms with Crippen LogP contribution < -0.4 is 0 Å². The molecule has 9 heteroatoms. The molecule has 0 aliphatic carbocycles. The minimum atomic E-state index is -3.54. The van der Waals surface area contributed by atoms with E-state index in [0.29, 0.717) is 29.4 Å². The zero-order valence-electron chi connectivity index (χ0n) is 14.9. The predicted octanol–water partition coefficient (Wildman–Crippen LogP) is 1.54. The minimum absolute atomic E-state index is 0.00739. The van der Waals surface area contributed by atoms with Crippen LogP contribution in [0.4, 0.5) is 0 Å². The Balaban J connectivity index is 1.51. The molecule has 0 amide bonds. The van der Waals surface area contributed by atoms with E-state index in [0.717, 1.165) is 11.3 Å². The van der Waals surface area contributed by atoms with E-state index in [1.165, 1.54) is 4.31 Å². The monoisotopic (exact) mass is 372 g/mol. The van der Waals surface area contributed by atoms with Crippen molar-refractivity contribution in [3.05, 3.63) is 47.9 Å². The molecular formula is C17H20N6O2S. The average Bonchev–Trinajstić information content (AvgIpc) is 3.12. The van der Waals surface area contributed by atoms with Crippen molar-refractivity contribution in [3.8, 4) is 11.3 Å². The van der Waals surface area contributed by atoms with Crippen LogP contribution >= 0.6 is 0 Å². The summed E-state index contributed by atoms with van der Waals surface area (Å²) in [6, 6.07) is 9.78. The quantitative estimate of drug-likeness (QED) is 0.693. The Morgan fingerprint density at radius 3 is 2.42 bits per heavy atom. The molecule has 1 aliphatic rings. The van der Waals surface area contributed by atoms with E-state index in [4.69, 9.17) is 0 Å². The highest BCUT2D eigenvalue weighted by Gasteiger charge is 2.40. The Morgan fingerprint density at radius 2 is 1.81 bits per heavy atom. The molecule has 8 nitrogen and oxygen atoms in total. The summed E-state index contributed by atoms with van der Waals surface area (Å²) < 4.78 is 30.6. The highest BCUT2D eigenvalue weighted by molar-refractivity contribution is 7.89. The molecule has 0 radical (unpaired) electrons. The van der Waals surface area contributed by atoms with Gasteiger partial charge < -0.3 is 0 Å². The predicted molar refractivity (Wildman–Crippen MR) is 95.9 cm³/mol. The fraction of sp³-hybridized carbons (Fsp3) is 0.353. The maximum atomic E-state index is 12.9. The maximum Gasteiger partial charge on any atom is 0.246 e. The number of sulfonamides is 1. The van der Waals surface area contributed by atoms with Gasteiger partial charge >= 0.3 is 0 Å². The van der Waals surface area contributed by atoms with E-state index in [-0.39, 0.29) is 6.04 Å². The lowest BCUT2D eigenvalue weighted by Gasteiger charge is -2.37. The molecule has 1 aromatic carbocycles. The molecular weight excluding hydrogens is 352 g/mol. The molecule has 0 atom stereocenters. The second kappa shape index (κ2) is 6.03. The summed E-state index contributed by atoms with van der Waals surface area (Å²) in [6.07, 6.45) is 1.87. The molecule has 0 unspecified atom stereocenters. The second-order valence-electron chi connectivity index (χ2n) is 6.55. The molecule has 1 saturated heterocycles. The molecule has 0 spiro atoms. The van der Waals surface area contributed by atoms with Crippen molar-refractivity contribution in [1.29, 1.82) is 0 Å². The third kappa shape index (κ3) is 2.63. The summed E-state index contributed by atoms with van der Waals surface area (Å²) >= 11 is 0. The number of aromatic nitrogens is 5. The zero-order chi connectivity index (χ0) is 18.5. The molecule has 136 valence electrons. The first-order valence-electron chi connectivity index (χ1n) is 8.35. The van der Waals surface area contributed by atoms with Gasteiger partial charge in [0.15, 0.2) is 0 Å². The van der Waals surface area contributed by atoms with Gasteiger partial charge in [-0.2, -0.15) is 9.40 Å². The lowest BCUT2D eigenvalue weighted by molar-refractivity contribution is 0.188. The molecule has 1 aliphatic heterocycles. The highest BCUT2D eigenvalue weighted by atomic mass is 32.2. The van der Waals surface area contributed by atoms with Crippen molar-refractivity contribution < 1.29 is 8.42 Å². The van der Waals surface area contributed by atoms with Crippen LogP contribution in [0.2, 0.25) is 0 Å². The second-order valence-corrected chi connectivity index (χ2v) is 8.42. The normalized spacial score (nSPS) is 16.0. The fourth-order valence-corrected chi connectivity index (χ4v) is 5.15. The van der Waals surface area contributed by atoms with Crippen LogP contribution in [0.3, 0.4) is 0 Å². The maximum absolute atomic E-state index is 12.9. The number of hydrogen-bond acceptors (Lipinski definition) is 5. The van der Waals surface area contributed by atoms with Crippen molar-refractivity contribution >= 4 is 10.0 Å². The van der Waals surface area contributed by atoms with Crippen LogP contribution in [-0.4, -0.2) is 50.6 Å². The molecule has 0 N–H and O–H groups in total. The summed E-state index contributed by atoms with van der Waals surface area (Å²) in [4.78, 5) is 0.307. The van der Waals surface area contributed by atoms with Gasteiger partial charge in [-0.15, -0.1) is 5.10 Å². The third-order valence-corrected chi connectivity index (χ3v) is 6.91. The number of hydrogen-bond donors (Lipinski definition) is 0. The molecule has 4 rings (SSSR count). The number of aryl methyl sites for hydroxylation is 2. The first-order valence-corrected chi connectivity index (χ1v) is 9.79. The largest absolute Gasteiger partial charge is 0.271 e. The van der Waals surface area contributed by atoms with Gasteiger partial charge in [0.05, 0.1) is 23.6 Å². The van der Waals surface area contributed by atoms with Crippen molar-refractivity contribution in [2.75, 3.05) is 13.1 Å². The molecule has 3 heterocycles. The van der Waals surface area contributed by atoms with Crippen molar-refractivity contribution in [1.82, 2.24) is 29.1 Å². The summed E-state index contributed by atoms with van der Waals surface area (Å²) in [7, 11) is -1.79. The topological polar surface area (TPSA) is 85.9 Å². The Kier molecular flexibility index (Phi) is 3.92. The fourth-order valence-electron chi connectivity index (χ4n) is 3.23. The van der Waals surface area contributed by atoms with Crippen LogP contribution in [0.1, 0.15) is 17.4 Å². The van der Waals surface area contributed by atoms with Crippen LogP contribution in [0.15, 0.2) is 41.4 Å². The minimum Gasteiger partial charge on any atom is -0.271 e. The lowest BCUT2D eigenvalue weighted by Crippen LogP contribution is -2.50. The van der Waals surface area contributed by atoms with Crippen LogP contribution in [0.25, 0.3) is 11.3 Å². The highest BCUT2D eigenvalue weighted by Crippen LogP contribution is 2.31. The van der Waals surface area contributed by atoms with Gasteiger partial charge in [-0.3, -0.25) is 4.68 Å². The first-order chi connectivity index (χ1) is 12.4. The van der Waals surface area contributed by atoms with Crippen LogP contribution in [-0.2, 0) is 17.1 Å². The van der Waals surface area contributed by atoms with E-state index in [1.54, 1.807) is 30.3 Å². The van der Waals surface area contributed by atoms with E-state index < -0.39 is 10.0 Å². The van der Waals surface area contributed by atoms with Crippen molar-refractivity contribution in [2.24, 2.45) is 7.05 Å². The lowest BCUT2D eigenvalue weighted by atomic mass is 10.1. The zero-order valence-corrected chi connectivity index (χ0v) is 15.7. The van der Waals surface area contributed by atoms with E-state index in [2.05, 4.69) is 15.4 Å². The molecule has 0 saturated carbocycles. The molecule has 3 aromatic rings. The third-order valence-electron chi connectivity index (χ3n) is 4.82. The van der Waals surface area contributed by atoms with Gasteiger partial charge in [-0.05, 0) is 13.8 Å². The van der Waals surface area contributed by atoms with E-state index in [9.17, 15) is 8.42 Å². The summed E-state index contributed by atoms with van der Waals surface area (Å²) in [5.74, 6) is 0. The Labute approximate surface area is 152 Å². The average molecular weight is 372 g/mol. The number of rotatable bonds is 4. The van der Waals surface area contributed by atoms with Gasteiger partial charge in [0, 0.05) is 25.7 Å². The molecule has 0 bridgehead atoms. The Morgan fingerprint density at radius 1 is 1.12 bits per heavy atom. The van der Waals surface area contributed by atoms with Crippen molar-refractivity contribution in [2.45, 2.75) is 24.8 Å². The van der Waals surface area contributed by atoms with Crippen LogP contribution in [0, 0.1) is 13.8 Å².